The van der Waals surface area contributed by atoms with Crippen molar-refractivity contribution in [2.24, 2.45) is 0 Å². The van der Waals surface area contributed by atoms with Crippen molar-refractivity contribution in [1.29, 1.82) is 0 Å². The van der Waals surface area contributed by atoms with Gasteiger partial charge in [-0.2, -0.15) is 4.31 Å². The predicted octanol–water partition coefficient (Wildman–Crippen LogP) is 3.40. The van der Waals surface area contributed by atoms with E-state index in [0.29, 0.717) is 0 Å². The Bertz CT molecular complexity index is 614. The summed E-state index contributed by atoms with van der Waals surface area (Å²) in [5.74, 6) is -0.712. The Morgan fingerprint density at radius 3 is 2.38 bits per heavy atom. The molecule has 0 saturated heterocycles. The number of rotatable bonds is 3. The molecular weight excluding hydrogens is 315 g/mol. The van der Waals surface area contributed by atoms with Crippen LogP contribution in [0.5, 0.6) is 0 Å². The standard InChI is InChI=1S/C14H20ClFN2O2S/c1-18(10-6-4-2-3-5-7-10)21(19,20)14-9-13(17)12(16)8-11(14)15/h8-10H,2-7,17H2,1H3. The summed E-state index contributed by atoms with van der Waals surface area (Å²) in [6.07, 6.45) is 5.98. The van der Waals surface area contributed by atoms with Gasteiger partial charge >= 0.3 is 0 Å². The first-order valence-corrected chi connectivity index (χ1v) is 8.88. The zero-order valence-corrected chi connectivity index (χ0v) is 13.6. The largest absolute Gasteiger partial charge is 0.396 e. The quantitative estimate of drug-likeness (QED) is 0.680. The minimum absolute atomic E-state index is 0.0418. The molecule has 0 unspecified atom stereocenters. The average Bonchev–Trinajstić information content (AvgIpc) is 2.70. The molecule has 21 heavy (non-hydrogen) atoms. The van der Waals surface area contributed by atoms with E-state index < -0.39 is 15.8 Å². The van der Waals surface area contributed by atoms with Crippen LogP contribution in [0.1, 0.15) is 38.5 Å². The molecule has 7 heteroatoms. The number of sulfonamides is 1. The molecule has 1 aliphatic rings. The molecule has 1 saturated carbocycles. The van der Waals surface area contributed by atoms with Crippen molar-refractivity contribution in [3.63, 3.8) is 0 Å². The fourth-order valence-electron chi connectivity index (χ4n) is 2.72. The molecule has 0 amide bonds. The summed E-state index contributed by atoms with van der Waals surface area (Å²) in [7, 11) is -2.21. The first-order valence-electron chi connectivity index (χ1n) is 7.06. The summed E-state index contributed by atoms with van der Waals surface area (Å²) in [6, 6.07) is 2.00. The van der Waals surface area contributed by atoms with E-state index in [0.717, 1.165) is 50.7 Å². The lowest BCUT2D eigenvalue weighted by atomic mass is 10.1. The summed E-state index contributed by atoms with van der Waals surface area (Å²) < 4.78 is 40.1. The molecule has 0 bridgehead atoms. The molecule has 118 valence electrons. The van der Waals surface area contributed by atoms with Crippen LogP contribution in [0, 0.1) is 5.82 Å². The molecule has 0 heterocycles. The van der Waals surface area contributed by atoms with E-state index in [4.69, 9.17) is 17.3 Å². The molecule has 0 aliphatic heterocycles. The lowest BCUT2D eigenvalue weighted by Gasteiger charge is -2.27. The van der Waals surface area contributed by atoms with Gasteiger partial charge in [-0.1, -0.05) is 37.3 Å². The summed E-state index contributed by atoms with van der Waals surface area (Å²) in [6.45, 7) is 0. The number of halogens is 2. The van der Waals surface area contributed by atoms with Crippen molar-refractivity contribution in [1.82, 2.24) is 4.31 Å². The zero-order chi connectivity index (χ0) is 15.6. The number of nitrogens with two attached hydrogens (primary N) is 1. The maximum absolute atomic E-state index is 13.3. The van der Waals surface area contributed by atoms with Crippen molar-refractivity contribution < 1.29 is 12.8 Å². The fourth-order valence-corrected chi connectivity index (χ4v) is 4.65. The van der Waals surface area contributed by atoms with Crippen LogP contribution in [0.25, 0.3) is 0 Å². The van der Waals surface area contributed by atoms with Gasteiger partial charge in [0.05, 0.1) is 10.7 Å². The van der Waals surface area contributed by atoms with Gasteiger partial charge in [-0.05, 0) is 25.0 Å². The Morgan fingerprint density at radius 2 is 1.81 bits per heavy atom. The van der Waals surface area contributed by atoms with E-state index in [1.54, 1.807) is 7.05 Å². The number of hydrogen-bond acceptors (Lipinski definition) is 3. The highest BCUT2D eigenvalue weighted by molar-refractivity contribution is 7.89. The lowest BCUT2D eigenvalue weighted by Crippen LogP contribution is -2.36. The third-order valence-electron chi connectivity index (χ3n) is 4.05. The Hall–Kier alpha value is -0.850. The molecule has 2 rings (SSSR count). The Balaban J connectivity index is 2.34. The Morgan fingerprint density at radius 1 is 1.24 bits per heavy atom. The van der Waals surface area contributed by atoms with Crippen molar-refractivity contribution in [3.05, 3.63) is 23.0 Å². The minimum atomic E-state index is -3.77. The number of anilines is 1. The van der Waals surface area contributed by atoms with Gasteiger partial charge in [0.2, 0.25) is 10.0 Å². The Kier molecular flexibility index (Phi) is 5.11. The highest BCUT2D eigenvalue weighted by Gasteiger charge is 2.30. The molecule has 0 radical (unpaired) electrons. The van der Waals surface area contributed by atoms with Gasteiger partial charge in [-0.15, -0.1) is 0 Å². The van der Waals surface area contributed by atoms with Crippen LogP contribution in [0.2, 0.25) is 5.02 Å². The monoisotopic (exact) mass is 334 g/mol. The number of nitrogens with zero attached hydrogens (tertiary/aromatic N) is 1. The normalized spacial score (nSPS) is 17.9. The van der Waals surface area contributed by atoms with Gasteiger partial charge < -0.3 is 5.73 Å². The maximum Gasteiger partial charge on any atom is 0.244 e. The van der Waals surface area contributed by atoms with Crippen molar-refractivity contribution in [2.45, 2.75) is 49.5 Å². The first kappa shape index (κ1) is 16.5. The van der Waals surface area contributed by atoms with Crippen LogP contribution < -0.4 is 5.73 Å². The minimum Gasteiger partial charge on any atom is -0.396 e. The molecule has 0 spiro atoms. The van der Waals surface area contributed by atoms with E-state index in [1.165, 1.54) is 4.31 Å². The van der Waals surface area contributed by atoms with Crippen LogP contribution in [0.15, 0.2) is 17.0 Å². The highest BCUT2D eigenvalue weighted by atomic mass is 35.5. The van der Waals surface area contributed by atoms with Crippen molar-refractivity contribution in [3.8, 4) is 0 Å². The van der Waals surface area contributed by atoms with Gasteiger partial charge in [-0.3, -0.25) is 0 Å². The summed E-state index contributed by atoms with van der Waals surface area (Å²) >= 11 is 5.90. The second-order valence-corrected chi connectivity index (χ2v) is 7.84. The molecule has 0 aromatic heterocycles. The number of nitrogen functional groups attached to an aromatic ring is 1. The smallest absolute Gasteiger partial charge is 0.244 e. The van der Waals surface area contributed by atoms with E-state index in [9.17, 15) is 12.8 Å². The first-order chi connectivity index (χ1) is 9.84. The van der Waals surface area contributed by atoms with Crippen LogP contribution in [0.4, 0.5) is 10.1 Å². The maximum atomic E-state index is 13.3. The second kappa shape index (κ2) is 6.50. The molecular formula is C14H20ClFN2O2S. The third-order valence-corrected chi connectivity index (χ3v) is 6.42. The predicted molar refractivity (Wildman–Crippen MR) is 82.3 cm³/mol. The fraction of sp³-hybridized carbons (Fsp3) is 0.571. The second-order valence-electron chi connectivity index (χ2n) is 5.47. The van der Waals surface area contributed by atoms with Crippen molar-refractivity contribution in [2.75, 3.05) is 12.8 Å². The zero-order valence-electron chi connectivity index (χ0n) is 12.0. The van der Waals surface area contributed by atoms with Crippen LogP contribution in [-0.4, -0.2) is 25.8 Å². The number of hydrogen-bond donors (Lipinski definition) is 1. The molecule has 0 atom stereocenters. The molecule has 1 aliphatic carbocycles. The Labute approximate surface area is 130 Å². The van der Waals surface area contributed by atoms with Gasteiger partial charge in [0.15, 0.2) is 0 Å². The van der Waals surface area contributed by atoms with E-state index in [2.05, 4.69) is 0 Å². The topological polar surface area (TPSA) is 63.4 Å². The summed E-state index contributed by atoms with van der Waals surface area (Å²) in [5, 5.41) is -0.137. The third kappa shape index (κ3) is 3.49. The number of benzene rings is 1. The van der Waals surface area contributed by atoms with Crippen LogP contribution >= 0.6 is 11.6 Å². The summed E-state index contributed by atoms with van der Waals surface area (Å²) in [5.41, 5.74) is 5.26. The van der Waals surface area contributed by atoms with Gasteiger partial charge in [0.1, 0.15) is 10.7 Å². The van der Waals surface area contributed by atoms with Gasteiger partial charge in [0, 0.05) is 13.1 Å². The molecule has 2 N–H and O–H groups in total. The lowest BCUT2D eigenvalue weighted by molar-refractivity contribution is 0.335. The van der Waals surface area contributed by atoms with E-state index >= 15 is 0 Å². The van der Waals surface area contributed by atoms with Gasteiger partial charge in [0.25, 0.3) is 0 Å². The molecule has 1 aromatic carbocycles. The van der Waals surface area contributed by atoms with E-state index in [1.807, 2.05) is 0 Å². The van der Waals surface area contributed by atoms with Crippen molar-refractivity contribution >= 4 is 27.3 Å². The highest BCUT2D eigenvalue weighted by Crippen LogP contribution is 2.31. The molecule has 4 nitrogen and oxygen atoms in total. The SMILES string of the molecule is CN(C1CCCCCC1)S(=O)(=O)c1cc(N)c(F)cc1Cl. The molecule has 1 aromatic rings. The summed E-state index contributed by atoms with van der Waals surface area (Å²) in [4.78, 5) is -0.130. The van der Waals surface area contributed by atoms with Gasteiger partial charge in [-0.25, -0.2) is 12.8 Å². The van der Waals surface area contributed by atoms with Crippen LogP contribution in [-0.2, 0) is 10.0 Å². The molecule has 1 fully saturated rings. The average molecular weight is 335 g/mol. The van der Waals surface area contributed by atoms with Crippen LogP contribution in [0.3, 0.4) is 0 Å². The van der Waals surface area contributed by atoms with E-state index in [-0.39, 0.29) is 21.6 Å².